The number of benzene rings is 1. The van der Waals surface area contributed by atoms with Gasteiger partial charge in [0, 0.05) is 17.8 Å². The van der Waals surface area contributed by atoms with E-state index in [4.69, 9.17) is 5.73 Å². The minimum Gasteiger partial charge on any atom is -0.399 e. The van der Waals surface area contributed by atoms with Crippen molar-refractivity contribution < 1.29 is 4.79 Å². The Morgan fingerprint density at radius 1 is 1.36 bits per heavy atom. The Hall–Kier alpha value is -1.16. The molecule has 0 aromatic heterocycles. The van der Waals surface area contributed by atoms with Crippen molar-refractivity contribution in [1.29, 1.82) is 0 Å². The number of carbonyl (C=O) groups excluding carboxylic acids is 1. The lowest BCUT2D eigenvalue weighted by molar-refractivity contribution is 0.0954. The molecule has 3 nitrogen and oxygen atoms in total. The molecule has 0 unspecified atom stereocenters. The molecule has 14 heavy (non-hydrogen) atoms. The summed E-state index contributed by atoms with van der Waals surface area (Å²) in [5.74, 6) is 0.717. The van der Waals surface area contributed by atoms with Crippen LogP contribution in [0.1, 0.15) is 16.8 Å². The highest BCUT2D eigenvalue weighted by molar-refractivity contribution is 7.80. The van der Waals surface area contributed by atoms with Crippen molar-refractivity contribution >= 4 is 24.2 Å². The van der Waals surface area contributed by atoms with E-state index in [9.17, 15) is 4.79 Å². The first-order valence-corrected chi connectivity index (χ1v) is 5.12. The van der Waals surface area contributed by atoms with Crippen LogP contribution in [-0.2, 0) is 0 Å². The lowest BCUT2D eigenvalue weighted by Gasteiger charge is -2.03. The lowest BCUT2D eigenvalue weighted by atomic mass is 10.2. The number of amides is 1. The number of nitrogens with two attached hydrogens (primary N) is 1. The van der Waals surface area contributed by atoms with Crippen LogP contribution in [-0.4, -0.2) is 18.2 Å². The third kappa shape index (κ3) is 3.30. The van der Waals surface area contributed by atoms with Gasteiger partial charge < -0.3 is 11.1 Å². The number of hydrogen-bond acceptors (Lipinski definition) is 3. The molecule has 0 radical (unpaired) electrons. The van der Waals surface area contributed by atoms with E-state index < -0.39 is 0 Å². The third-order valence-electron chi connectivity index (χ3n) is 1.79. The van der Waals surface area contributed by atoms with Crippen LogP contribution in [0, 0.1) is 0 Å². The van der Waals surface area contributed by atoms with E-state index in [0.717, 1.165) is 12.2 Å². The van der Waals surface area contributed by atoms with Crippen LogP contribution >= 0.6 is 12.6 Å². The number of carbonyl (C=O) groups is 1. The van der Waals surface area contributed by atoms with Crippen LogP contribution in [0.3, 0.4) is 0 Å². The molecule has 0 bridgehead atoms. The average Bonchev–Trinajstić information content (AvgIpc) is 2.19. The number of anilines is 1. The summed E-state index contributed by atoms with van der Waals surface area (Å²) in [6.07, 6.45) is 0.879. The molecule has 1 aromatic rings. The van der Waals surface area contributed by atoms with Gasteiger partial charge in [-0.15, -0.1) is 0 Å². The number of hydrogen-bond donors (Lipinski definition) is 3. The molecule has 0 aliphatic rings. The number of thiol groups is 1. The molecule has 4 heteroatoms. The van der Waals surface area contributed by atoms with E-state index in [2.05, 4.69) is 17.9 Å². The van der Waals surface area contributed by atoms with Gasteiger partial charge in [-0.1, -0.05) is 0 Å². The van der Waals surface area contributed by atoms with Gasteiger partial charge in [-0.05, 0) is 36.4 Å². The number of rotatable bonds is 4. The molecule has 0 aliphatic carbocycles. The highest BCUT2D eigenvalue weighted by Gasteiger charge is 2.02. The fourth-order valence-corrected chi connectivity index (χ4v) is 1.18. The van der Waals surface area contributed by atoms with E-state index >= 15 is 0 Å². The summed E-state index contributed by atoms with van der Waals surface area (Å²) in [7, 11) is 0. The molecule has 0 spiro atoms. The van der Waals surface area contributed by atoms with E-state index in [-0.39, 0.29) is 5.91 Å². The molecular weight excluding hydrogens is 196 g/mol. The van der Waals surface area contributed by atoms with Gasteiger partial charge in [0.15, 0.2) is 0 Å². The van der Waals surface area contributed by atoms with Gasteiger partial charge in [0.05, 0.1) is 0 Å². The predicted octanol–water partition coefficient (Wildman–Crippen LogP) is 1.32. The largest absolute Gasteiger partial charge is 0.399 e. The topological polar surface area (TPSA) is 55.1 Å². The van der Waals surface area contributed by atoms with Gasteiger partial charge in [0.1, 0.15) is 0 Å². The molecule has 1 aromatic carbocycles. The molecule has 0 heterocycles. The second-order valence-electron chi connectivity index (χ2n) is 2.96. The zero-order valence-corrected chi connectivity index (χ0v) is 8.76. The average molecular weight is 210 g/mol. The Morgan fingerprint density at radius 3 is 2.57 bits per heavy atom. The molecule has 0 saturated heterocycles. The first-order chi connectivity index (χ1) is 6.74. The van der Waals surface area contributed by atoms with Crippen LogP contribution in [0.25, 0.3) is 0 Å². The maximum Gasteiger partial charge on any atom is 0.251 e. The monoisotopic (exact) mass is 210 g/mol. The van der Waals surface area contributed by atoms with Gasteiger partial charge in [-0.2, -0.15) is 12.6 Å². The SMILES string of the molecule is Nc1ccc(C(=O)NCCCS)cc1. The van der Waals surface area contributed by atoms with Crippen LogP contribution in [0.4, 0.5) is 5.69 Å². The predicted molar refractivity (Wildman–Crippen MR) is 61.7 cm³/mol. The Balaban J connectivity index is 2.48. The van der Waals surface area contributed by atoms with Crippen molar-refractivity contribution in [3.63, 3.8) is 0 Å². The summed E-state index contributed by atoms with van der Waals surface area (Å²) in [6, 6.07) is 6.86. The minimum atomic E-state index is -0.0632. The quantitative estimate of drug-likeness (QED) is 0.399. The summed E-state index contributed by atoms with van der Waals surface area (Å²) in [5, 5.41) is 2.79. The van der Waals surface area contributed by atoms with E-state index in [1.165, 1.54) is 0 Å². The maximum absolute atomic E-state index is 11.5. The van der Waals surface area contributed by atoms with Gasteiger partial charge in [-0.25, -0.2) is 0 Å². The Labute approximate surface area is 89.1 Å². The van der Waals surface area contributed by atoms with Gasteiger partial charge in [0.25, 0.3) is 5.91 Å². The first kappa shape index (κ1) is 10.9. The van der Waals surface area contributed by atoms with Gasteiger partial charge in [0.2, 0.25) is 0 Å². The van der Waals surface area contributed by atoms with Crippen molar-refractivity contribution in [3.05, 3.63) is 29.8 Å². The Bertz CT molecular complexity index is 297. The van der Waals surface area contributed by atoms with E-state index in [0.29, 0.717) is 17.8 Å². The fourth-order valence-electron chi connectivity index (χ4n) is 1.02. The third-order valence-corrected chi connectivity index (χ3v) is 2.11. The fraction of sp³-hybridized carbons (Fsp3) is 0.300. The van der Waals surface area contributed by atoms with Crippen molar-refractivity contribution in [2.45, 2.75) is 6.42 Å². The molecular formula is C10H14N2OS. The summed E-state index contributed by atoms with van der Waals surface area (Å²) in [6.45, 7) is 0.659. The molecule has 0 aliphatic heterocycles. The molecule has 1 amide bonds. The zero-order valence-electron chi connectivity index (χ0n) is 7.86. The van der Waals surface area contributed by atoms with Gasteiger partial charge in [-0.3, -0.25) is 4.79 Å². The molecule has 76 valence electrons. The van der Waals surface area contributed by atoms with Crippen molar-refractivity contribution in [3.8, 4) is 0 Å². The van der Waals surface area contributed by atoms with Crippen molar-refractivity contribution in [2.24, 2.45) is 0 Å². The Kier molecular flexibility index (Phi) is 4.32. The molecule has 0 fully saturated rings. The van der Waals surface area contributed by atoms with E-state index in [1.54, 1.807) is 24.3 Å². The molecule has 0 saturated carbocycles. The minimum absolute atomic E-state index is 0.0632. The van der Waals surface area contributed by atoms with Crippen LogP contribution in [0.15, 0.2) is 24.3 Å². The second kappa shape index (κ2) is 5.54. The number of nitrogens with one attached hydrogen (secondary N) is 1. The number of nitrogen functional groups attached to an aromatic ring is 1. The van der Waals surface area contributed by atoms with E-state index in [1.807, 2.05) is 0 Å². The van der Waals surface area contributed by atoms with Crippen LogP contribution < -0.4 is 11.1 Å². The van der Waals surface area contributed by atoms with Crippen molar-refractivity contribution in [1.82, 2.24) is 5.32 Å². The van der Waals surface area contributed by atoms with Crippen molar-refractivity contribution in [2.75, 3.05) is 18.0 Å². The summed E-state index contributed by atoms with van der Waals surface area (Å²) in [4.78, 5) is 11.5. The summed E-state index contributed by atoms with van der Waals surface area (Å²) < 4.78 is 0. The van der Waals surface area contributed by atoms with Gasteiger partial charge >= 0.3 is 0 Å². The lowest BCUT2D eigenvalue weighted by Crippen LogP contribution is -2.24. The Morgan fingerprint density at radius 2 is 2.00 bits per heavy atom. The summed E-state index contributed by atoms with van der Waals surface area (Å²) in [5.41, 5.74) is 6.81. The molecule has 1 rings (SSSR count). The first-order valence-electron chi connectivity index (χ1n) is 4.48. The summed E-state index contributed by atoms with van der Waals surface area (Å²) >= 11 is 4.06. The highest BCUT2D eigenvalue weighted by atomic mass is 32.1. The normalized spacial score (nSPS) is 9.79. The smallest absolute Gasteiger partial charge is 0.251 e. The molecule has 3 N–H and O–H groups in total. The molecule has 0 atom stereocenters. The maximum atomic E-state index is 11.5. The van der Waals surface area contributed by atoms with Crippen LogP contribution in [0.5, 0.6) is 0 Å². The zero-order chi connectivity index (χ0) is 10.4. The second-order valence-corrected chi connectivity index (χ2v) is 3.40. The highest BCUT2D eigenvalue weighted by Crippen LogP contribution is 2.04. The van der Waals surface area contributed by atoms with Crippen LogP contribution in [0.2, 0.25) is 0 Å². The standard InChI is InChI=1S/C10H14N2OS/c11-9-4-2-8(3-5-9)10(13)12-6-1-7-14/h2-5,14H,1,6-7,11H2,(H,12,13).